The van der Waals surface area contributed by atoms with Crippen LogP contribution in [-0.4, -0.2) is 26.5 Å². The lowest BCUT2D eigenvalue weighted by molar-refractivity contribution is 0.743. The summed E-state index contributed by atoms with van der Waals surface area (Å²) in [5.41, 5.74) is 3.76. The van der Waals surface area contributed by atoms with Gasteiger partial charge >= 0.3 is 0 Å². The van der Waals surface area contributed by atoms with Crippen molar-refractivity contribution >= 4 is 12.2 Å². The molecule has 0 unspecified atom stereocenters. The van der Waals surface area contributed by atoms with E-state index in [0.717, 1.165) is 5.69 Å². The first-order valence-electron chi connectivity index (χ1n) is 4.49. The molecule has 0 aliphatic carbocycles. The average molecular weight is 221 g/mol. The summed E-state index contributed by atoms with van der Waals surface area (Å²) in [4.78, 5) is 4.23. The second kappa shape index (κ2) is 3.82. The Kier molecular flexibility index (Phi) is 2.51. The minimum absolute atomic E-state index is 0.609. The van der Waals surface area contributed by atoms with Crippen molar-refractivity contribution in [1.29, 1.82) is 0 Å². The van der Waals surface area contributed by atoms with Crippen LogP contribution in [0.15, 0.2) is 24.4 Å². The maximum Gasteiger partial charge on any atom is 0.217 e. The van der Waals surface area contributed by atoms with Gasteiger partial charge in [-0.1, -0.05) is 6.07 Å². The lowest BCUT2D eigenvalue weighted by Crippen LogP contribution is -2.11. The summed E-state index contributed by atoms with van der Waals surface area (Å²) in [6.45, 7) is 0. The van der Waals surface area contributed by atoms with Gasteiger partial charge in [-0.3, -0.25) is 4.98 Å². The maximum absolute atomic E-state index is 5.19. The number of hydrogen-bond acceptors (Lipinski definition) is 4. The van der Waals surface area contributed by atoms with Gasteiger partial charge in [0.1, 0.15) is 5.69 Å². The Balaban J connectivity index is 2.64. The van der Waals surface area contributed by atoms with Gasteiger partial charge in [0.15, 0.2) is 5.82 Å². The number of hydrogen-bond donors (Lipinski definition) is 1. The maximum atomic E-state index is 5.19. The highest BCUT2D eigenvalue weighted by Crippen LogP contribution is 2.12. The molecule has 0 saturated heterocycles. The minimum Gasteiger partial charge on any atom is -0.325 e. The molecule has 0 spiro atoms. The van der Waals surface area contributed by atoms with Crippen molar-refractivity contribution in [2.45, 2.75) is 0 Å². The van der Waals surface area contributed by atoms with Gasteiger partial charge in [0.05, 0.1) is 0 Å². The fraction of sp³-hybridized carbons (Fsp3) is 0.222. The molecule has 2 heterocycles. The number of nitrogens with one attached hydrogen (secondary N) is 1. The van der Waals surface area contributed by atoms with E-state index in [1.165, 1.54) is 0 Å². The Labute approximate surface area is 92.4 Å². The highest BCUT2D eigenvalue weighted by Gasteiger charge is 2.10. The highest BCUT2D eigenvalue weighted by molar-refractivity contribution is 7.71. The van der Waals surface area contributed by atoms with Crippen LogP contribution in [0, 0.1) is 4.77 Å². The number of pyridine rings is 1. The third kappa shape index (κ3) is 1.63. The SMILES string of the molecule is CNn1c(-c2ccccn2)nn(C)c1=S. The smallest absolute Gasteiger partial charge is 0.217 e. The van der Waals surface area contributed by atoms with Crippen molar-refractivity contribution < 1.29 is 0 Å². The first kappa shape index (κ1) is 9.85. The fourth-order valence-electron chi connectivity index (χ4n) is 1.33. The van der Waals surface area contributed by atoms with Crippen LogP contribution in [0.1, 0.15) is 0 Å². The first-order chi connectivity index (χ1) is 7.24. The summed E-state index contributed by atoms with van der Waals surface area (Å²) in [6.07, 6.45) is 1.73. The molecule has 0 aliphatic heterocycles. The monoisotopic (exact) mass is 221 g/mol. The predicted octanol–water partition coefficient (Wildman–Crippen LogP) is 1.19. The lowest BCUT2D eigenvalue weighted by Gasteiger charge is -2.03. The second-order valence-electron chi connectivity index (χ2n) is 3.00. The summed E-state index contributed by atoms with van der Waals surface area (Å²) in [6, 6.07) is 5.68. The number of rotatable bonds is 2. The zero-order valence-corrected chi connectivity index (χ0v) is 9.32. The first-order valence-corrected chi connectivity index (χ1v) is 4.90. The van der Waals surface area contributed by atoms with Crippen LogP contribution in [0.25, 0.3) is 11.5 Å². The van der Waals surface area contributed by atoms with E-state index in [0.29, 0.717) is 10.6 Å². The van der Waals surface area contributed by atoms with Gasteiger partial charge in [-0.15, -0.1) is 5.10 Å². The van der Waals surface area contributed by atoms with Crippen molar-refractivity contribution in [3.05, 3.63) is 29.2 Å². The zero-order valence-electron chi connectivity index (χ0n) is 8.51. The zero-order chi connectivity index (χ0) is 10.8. The van der Waals surface area contributed by atoms with Crippen molar-refractivity contribution in [3.8, 4) is 11.5 Å². The quantitative estimate of drug-likeness (QED) is 0.774. The Morgan fingerprint density at radius 3 is 2.80 bits per heavy atom. The Morgan fingerprint density at radius 2 is 2.20 bits per heavy atom. The Hall–Kier alpha value is -1.69. The molecular weight excluding hydrogens is 210 g/mol. The fourth-order valence-corrected chi connectivity index (χ4v) is 1.55. The summed E-state index contributed by atoms with van der Waals surface area (Å²) in [5, 5.41) is 4.30. The van der Waals surface area contributed by atoms with E-state index in [-0.39, 0.29) is 0 Å². The van der Waals surface area contributed by atoms with Crippen LogP contribution >= 0.6 is 12.2 Å². The number of nitrogens with zero attached hydrogens (tertiary/aromatic N) is 4. The van der Waals surface area contributed by atoms with E-state index in [2.05, 4.69) is 15.5 Å². The molecule has 0 saturated carbocycles. The molecule has 0 radical (unpaired) electrons. The van der Waals surface area contributed by atoms with Gasteiger partial charge < -0.3 is 5.43 Å². The van der Waals surface area contributed by atoms with E-state index in [1.54, 1.807) is 22.6 Å². The molecule has 6 heteroatoms. The molecule has 5 nitrogen and oxygen atoms in total. The van der Waals surface area contributed by atoms with Gasteiger partial charge in [-0.2, -0.15) is 0 Å². The molecule has 2 rings (SSSR count). The number of aryl methyl sites for hydroxylation is 1. The standard InChI is InChI=1S/C9H11N5S/c1-10-14-8(12-13(2)9(14)15)7-5-3-4-6-11-7/h3-6,10H,1-2H3. The number of aromatic nitrogens is 4. The Bertz CT molecular complexity index is 513. The molecule has 0 aliphatic rings. The molecule has 1 N–H and O–H groups in total. The summed E-state index contributed by atoms with van der Waals surface area (Å²) in [5.74, 6) is 0.714. The molecule has 78 valence electrons. The van der Waals surface area contributed by atoms with Crippen LogP contribution in [0.3, 0.4) is 0 Å². The molecular formula is C9H11N5S. The molecule has 2 aromatic heterocycles. The Morgan fingerprint density at radius 1 is 1.40 bits per heavy atom. The summed E-state index contributed by atoms with van der Waals surface area (Å²) >= 11 is 5.19. The molecule has 0 amide bonds. The van der Waals surface area contributed by atoms with E-state index in [4.69, 9.17) is 12.2 Å². The van der Waals surface area contributed by atoms with Crippen LogP contribution in [-0.2, 0) is 7.05 Å². The van der Waals surface area contributed by atoms with E-state index >= 15 is 0 Å². The summed E-state index contributed by atoms with van der Waals surface area (Å²) in [7, 11) is 3.60. The highest BCUT2D eigenvalue weighted by atomic mass is 32.1. The van der Waals surface area contributed by atoms with Crippen molar-refractivity contribution in [3.63, 3.8) is 0 Å². The molecule has 0 aromatic carbocycles. The van der Waals surface area contributed by atoms with Gasteiger partial charge in [-0.25, -0.2) is 9.36 Å². The van der Waals surface area contributed by atoms with Gasteiger partial charge in [-0.05, 0) is 24.4 Å². The largest absolute Gasteiger partial charge is 0.325 e. The third-order valence-corrected chi connectivity index (χ3v) is 2.49. The third-order valence-electron chi connectivity index (χ3n) is 2.04. The molecule has 0 fully saturated rings. The lowest BCUT2D eigenvalue weighted by atomic mass is 10.3. The molecule has 15 heavy (non-hydrogen) atoms. The summed E-state index contributed by atoms with van der Waals surface area (Å²) < 4.78 is 3.96. The van der Waals surface area contributed by atoms with Gasteiger partial charge in [0.25, 0.3) is 0 Å². The van der Waals surface area contributed by atoms with Gasteiger partial charge in [0.2, 0.25) is 4.77 Å². The van der Waals surface area contributed by atoms with Crippen molar-refractivity contribution in [2.24, 2.45) is 7.05 Å². The van der Waals surface area contributed by atoms with Crippen LogP contribution in [0.2, 0.25) is 0 Å². The molecule has 0 atom stereocenters. The molecule has 0 bridgehead atoms. The van der Waals surface area contributed by atoms with Crippen LogP contribution in [0.4, 0.5) is 0 Å². The average Bonchev–Trinajstić information content (AvgIpc) is 2.56. The van der Waals surface area contributed by atoms with Crippen molar-refractivity contribution in [2.75, 3.05) is 12.5 Å². The minimum atomic E-state index is 0.609. The second-order valence-corrected chi connectivity index (χ2v) is 3.37. The van der Waals surface area contributed by atoms with Gasteiger partial charge in [0, 0.05) is 20.3 Å². The normalized spacial score (nSPS) is 10.3. The van der Waals surface area contributed by atoms with Crippen molar-refractivity contribution in [1.82, 2.24) is 19.4 Å². The van der Waals surface area contributed by atoms with E-state index in [9.17, 15) is 0 Å². The van der Waals surface area contributed by atoms with E-state index < -0.39 is 0 Å². The predicted molar refractivity (Wildman–Crippen MR) is 60.5 cm³/mol. The molecule has 2 aromatic rings. The topological polar surface area (TPSA) is 47.7 Å². The van der Waals surface area contributed by atoms with E-state index in [1.807, 2.05) is 25.2 Å². The van der Waals surface area contributed by atoms with Crippen LogP contribution in [0.5, 0.6) is 0 Å². The van der Waals surface area contributed by atoms with Crippen LogP contribution < -0.4 is 5.43 Å².